The van der Waals surface area contributed by atoms with Gasteiger partial charge in [0.25, 0.3) is 0 Å². The molecule has 2 aromatic heterocycles. The molecule has 1 saturated heterocycles. The number of amides is 1. The van der Waals surface area contributed by atoms with E-state index < -0.39 is 0 Å². The van der Waals surface area contributed by atoms with E-state index in [1.54, 1.807) is 12.3 Å². The van der Waals surface area contributed by atoms with E-state index in [1.165, 1.54) is 24.1 Å². The van der Waals surface area contributed by atoms with Gasteiger partial charge in [-0.2, -0.15) is 0 Å². The third-order valence-electron chi connectivity index (χ3n) is 6.24. The van der Waals surface area contributed by atoms with E-state index in [4.69, 9.17) is 28.6 Å². The summed E-state index contributed by atoms with van der Waals surface area (Å²) >= 11 is 12.4. The molecule has 0 unspecified atom stereocenters. The molecule has 1 amide bonds. The predicted octanol–water partition coefficient (Wildman–Crippen LogP) is 5.50. The van der Waals surface area contributed by atoms with Gasteiger partial charge in [0.15, 0.2) is 5.11 Å². The van der Waals surface area contributed by atoms with Gasteiger partial charge in [-0.15, -0.1) is 0 Å². The molecular formula is C26H30ClN5O2S. The number of thiocarbonyl (C=S) groups is 1. The highest BCUT2D eigenvalue weighted by atomic mass is 35.5. The summed E-state index contributed by atoms with van der Waals surface area (Å²) in [5.41, 5.74) is 5.81. The highest BCUT2D eigenvalue weighted by Crippen LogP contribution is 2.44. The number of anilines is 2. The lowest BCUT2D eigenvalue weighted by molar-refractivity contribution is -0.119. The molecule has 1 aliphatic heterocycles. The molecule has 9 heteroatoms. The maximum atomic E-state index is 12.0. The number of rotatable bonds is 7. The largest absolute Gasteiger partial charge is 0.375 e. The quantitative estimate of drug-likeness (QED) is 0.408. The molecule has 7 nitrogen and oxygen atoms in total. The minimum Gasteiger partial charge on any atom is -0.375 e. The molecule has 1 aliphatic rings. The summed E-state index contributed by atoms with van der Waals surface area (Å²) in [6.45, 7) is 8.61. The van der Waals surface area contributed by atoms with E-state index in [-0.39, 0.29) is 24.6 Å². The van der Waals surface area contributed by atoms with E-state index >= 15 is 0 Å². The summed E-state index contributed by atoms with van der Waals surface area (Å²) < 4.78 is 7.23. The molecule has 0 spiro atoms. The van der Waals surface area contributed by atoms with Gasteiger partial charge >= 0.3 is 0 Å². The lowest BCUT2D eigenvalue weighted by Crippen LogP contribution is -2.29. The van der Waals surface area contributed by atoms with Gasteiger partial charge in [-0.05, 0) is 81.9 Å². The van der Waals surface area contributed by atoms with E-state index in [1.807, 2.05) is 30.3 Å². The van der Waals surface area contributed by atoms with Crippen molar-refractivity contribution < 1.29 is 9.53 Å². The average molecular weight is 512 g/mol. The van der Waals surface area contributed by atoms with E-state index in [0.29, 0.717) is 21.9 Å². The first-order valence-corrected chi connectivity index (χ1v) is 12.3. The number of benzene rings is 1. The van der Waals surface area contributed by atoms with Crippen LogP contribution in [0.15, 0.2) is 48.7 Å². The number of hydrogen-bond donors (Lipinski definition) is 2. The van der Waals surface area contributed by atoms with E-state index in [0.717, 1.165) is 11.4 Å². The van der Waals surface area contributed by atoms with Crippen molar-refractivity contribution >= 4 is 46.2 Å². The summed E-state index contributed by atoms with van der Waals surface area (Å²) in [4.78, 5) is 18.7. The molecule has 184 valence electrons. The van der Waals surface area contributed by atoms with Crippen LogP contribution in [0, 0.1) is 13.8 Å². The fourth-order valence-electron chi connectivity index (χ4n) is 4.92. The van der Waals surface area contributed by atoms with Crippen LogP contribution < -0.4 is 15.5 Å². The highest BCUT2D eigenvalue weighted by molar-refractivity contribution is 7.80. The van der Waals surface area contributed by atoms with Gasteiger partial charge in [-0.3, -0.25) is 9.78 Å². The first kappa shape index (κ1) is 25.2. The van der Waals surface area contributed by atoms with Gasteiger partial charge < -0.3 is 24.8 Å². The van der Waals surface area contributed by atoms with Crippen molar-refractivity contribution in [1.82, 2.24) is 14.9 Å². The van der Waals surface area contributed by atoms with Crippen LogP contribution in [0.5, 0.6) is 0 Å². The number of aryl methyl sites for hydroxylation is 1. The van der Waals surface area contributed by atoms with Gasteiger partial charge in [0.05, 0.1) is 28.5 Å². The van der Waals surface area contributed by atoms with Crippen LogP contribution in [-0.4, -0.2) is 34.3 Å². The number of halogens is 1. The number of methoxy groups -OCH3 is 1. The number of nitrogens with one attached hydrogen (secondary N) is 2. The number of carbonyl (C=O) groups excluding carboxylic acids is 1. The van der Waals surface area contributed by atoms with Crippen LogP contribution in [0.2, 0.25) is 5.02 Å². The third kappa shape index (κ3) is 4.91. The van der Waals surface area contributed by atoms with Crippen molar-refractivity contribution in [3.8, 4) is 0 Å². The second-order valence-electron chi connectivity index (χ2n) is 8.93. The molecule has 1 aromatic carbocycles. The third-order valence-corrected chi connectivity index (χ3v) is 6.86. The Labute approximate surface area is 216 Å². The molecule has 1 fully saturated rings. The Kier molecular flexibility index (Phi) is 7.44. The normalized spacial score (nSPS) is 17.7. The smallest absolute Gasteiger partial charge is 0.250 e. The fourth-order valence-corrected chi connectivity index (χ4v) is 5.49. The van der Waals surface area contributed by atoms with Crippen LogP contribution in [0.4, 0.5) is 11.4 Å². The van der Waals surface area contributed by atoms with Crippen molar-refractivity contribution in [1.29, 1.82) is 0 Å². The van der Waals surface area contributed by atoms with Gasteiger partial charge in [0.1, 0.15) is 6.61 Å². The first-order valence-electron chi connectivity index (χ1n) is 11.5. The molecule has 0 saturated carbocycles. The van der Waals surface area contributed by atoms with Crippen LogP contribution >= 0.6 is 23.8 Å². The Bertz CT molecular complexity index is 1240. The Morgan fingerprint density at radius 3 is 2.63 bits per heavy atom. The minimum atomic E-state index is -0.269. The lowest BCUT2D eigenvalue weighted by atomic mass is 9.96. The van der Waals surface area contributed by atoms with E-state index in [9.17, 15) is 4.79 Å². The summed E-state index contributed by atoms with van der Waals surface area (Å²) in [7, 11) is 1.47. The molecule has 3 heterocycles. The molecule has 2 N–H and O–H groups in total. The summed E-state index contributed by atoms with van der Waals surface area (Å²) in [6.07, 6.45) is 1.80. The number of carbonyl (C=O) groups is 1. The second kappa shape index (κ2) is 10.4. The van der Waals surface area contributed by atoms with Gasteiger partial charge in [0.2, 0.25) is 5.91 Å². The van der Waals surface area contributed by atoms with Crippen molar-refractivity contribution in [2.75, 3.05) is 23.9 Å². The average Bonchev–Trinajstić information content (AvgIpc) is 3.31. The summed E-state index contributed by atoms with van der Waals surface area (Å²) in [6, 6.07) is 13.7. The fraction of sp³-hybridized carbons (Fsp3) is 0.346. The predicted molar refractivity (Wildman–Crippen MR) is 144 cm³/mol. The first-order chi connectivity index (χ1) is 16.7. The van der Waals surface area contributed by atoms with Crippen molar-refractivity contribution in [2.24, 2.45) is 0 Å². The standard InChI is InChI=1S/C26H30ClN5O2S/c1-15(2)31-16(3)12-19(17(31)4)25-24(22-8-6-7-11-28-22)30-26(35)32(25)18-9-10-21(20(27)13-18)29-23(33)14-34-5/h6-13,15,24-25H,14H2,1-5H3,(H,29,33)(H,30,35)/t24-,25+/m0/s1. The van der Waals surface area contributed by atoms with Crippen LogP contribution in [0.3, 0.4) is 0 Å². The molecule has 3 aromatic rings. The molecule has 4 rings (SSSR count). The van der Waals surface area contributed by atoms with Gasteiger partial charge in [-0.1, -0.05) is 17.7 Å². The highest BCUT2D eigenvalue weighted by Gasteiger charge is 2.42. The monoisotopic (exact) mass is 511 g/mol. The SMILES string of the molecule is COCC(=O)Nc1ccc(N2C(=S)N[C@@H](c3ccccn3)[C@H]2c2cc(C)n(C(C)C)c2C)cc1Cl. The molecule has 35 heavy (non-hydrogen) atoms. The Morgan fingerprint density at radius 2 is 2.03 bits per heavy atom. The number of pyridine rings is 1. The molecular weight excluding hydrogens is 482 g/mol. The zero-order valence-corrected chi connectivity index (χ0v) is 22.1. The molecule has 2 atom stereocenters. The Hall–Kier alpha value is -2.94. The second-order valence-corrected chi connectivity index (χ2v) is 9.73. The van der Waals surface area contributed by atoms with Crippen LogP contribution in [-0.2, 0) is 9.53 Å². The number of nitrogens with zero attached hydrogens (tertiary/aromatic N) is 3. The lowest BCUT2D eigenvalue weighted by Gasteiger charge is -2.29. The number of aromatic nitrogens is 2. The maximum Gasteiger partial charge on any atom is 0.250 e. The summed E-state index contributed by atoms with van der Waals surface area (Å²) in [5, 5.41) is 7.27. The molecule has 0 bridgehead atoms. The van der Waals surface area contributed by atoms with E-state index in [2.05, 4.69) is 58.8 Å². The Balaban J connectivity index is 1.80. The maximum absolute atomic E-state index is 12.0. The zero-order chi connectivity index (χ0) is 25.3. The minimum absolute atomic E-state index is 0.0441. The number of hydrogen-bond acceptors (Lipinski definition) is 4. The van der Waals surface area contributed by atoms with Gasteiger partial charge in [0, 0.05) is 36.4 Å². The van der Waals surface area contributed by atoms with Crippen molar-refractivity contribution in [3.63, 3.8) is 0 Å². The van der Waals surface area contributed by atoms with Crippen molar-refractivity contribution in [2.45, 2.75) is 45.8 Å². The zero-order valence-electron chi connectivity index (χ0n) is 20.5. The summed E-state index contributed by atoms with van der Waals surface area (Å²) in [5.74, 6) is -0.269. The van der Waals surface area contributed by atoms with Crippen LogP contribution in [0.25, 0.3) is 0 Å². The molecule has 0 aliphatic carbocycles. The molecule has 0 radical (unpaired) electrons. The van der Waals surface area contributed by atoms with Gasteiger partial charge in [-0.25, -0.2) is 0 Å². The number of ether oxygens (including phenoxy) is 1. The Morgan fingerprint density at radius 1 is 1.26 bits per heavy atom. The van der Waals surface area contributed by atoms with Crippen LogP contribution in [0.1, 0.15) is 54.6 Å². The van der Waals surface area contributed by atoms with Crippen molar-refractivity contribution in [3.05, 3.63) is 76.3 Å². The topological polar surface area (TPSA) is 71.4 Å².